The van der Waals surface area contributed by atoms with Gasteiger partial charge in [0.2, 0.25) is 0 Å². The zero-order valence-electron chi connectivity index (χ0n) is 10.5. The Labute approximate surface area is 111 Å². The maximum absolute atomic E-state index is 11.5. The van der Waals surface area contributed by atoms with E-state index in [1.165, 1.54) is 13.2 Å². The Bertz CT molecular complexity index is 471. The second kappa shape index (κ2) is 7.88. The Morgan fingerprint density at radius 2 is 2.16 bits per heavy atom. The molecule has 2 N–H and O–H groups in total. The molecule has 101 valence electrons. The van der Waals surface area contributed by atoms with Gasteiger partial charge in [-0.2, -0.15) is 0 Å². The molecular formula is C13H15N2O4. The van der Waals surface area contributed by atoms with Crippen LogP contribution in [0.1, 0.15) is 5.56 Å². The highest BCUT2D eigenvalue weighted by atomic mass is 16.5. The van der Waals surface area contributed by atoms with Crippen LogP contribution >= 0.6 is 0 Å². The molecule has 6 heteroatoms. The molecule has 6 nitrogen and oxygen atoms in total. The molecule has 0 aliphatic rings. The largest absolute Gasteiger partial charge is 0.468 e. The van der Waals surface area contributed by atoms with Crippen LogP contribution in [0.5, 0.6) is 0 Å². The normalized spacial score (nSPS) is 10.2. The van der Waals surface area contributed by atoms with E-state index in [9.17, 15) is 14.7 Å². The van der Waals surface area contributed by atoms with Gasteiger partial charge in [0.05, 0.1) is 7.11 Å². The van der Waals surface area contributed by atoms with Crippen LogP contribution in [0, 0.1) is 0 Å². The zero-order chi connectivity index (χ0) is 14.1. The van der Waals surface area contributed by atoms with E-state index in [1.54, 1.807) is 24.3 Å². The molecule has 0 bridgehead atoms. The van der Waals surface area contributed by atoms with Crippen molar-refractivity contribution < 1.29 is 19.4 Å². The zero-order valence-corrected chi connectivity index (χ0v) is 10.5. The monoisotopic (exact) mass is 263 g/mol. The molecule has 1 radical (unpaired) electrons. The lowest BCUT2D eigenvalue weighted by Crippen LogP contribution is -2.33. The van der Waals surface area contributed by atoms with Gasteiger partial charge >= 0.3 is 12.0 Å². The lowest BCUT2D eigenvalue weighted by molar-refractivity contribution is -0.139. The summed E-state index contributed by atoms with van der Waals surface area (Å²) in [6, 6.07) is 6.47. The molecule has 0 atom stereocenters. The van der Waals surface area contributed by atoms with Gasteiger partial charge in [-0.3, -0.25) is 4.79 Å². The molecule has 2 amide bonds. The highest BCUT2D eigenvalue weighted by Crippen LogP contribution is 2.11. The Kier molecular flexibility index (Phi) is 6.11. The molecule has 0 fully saturated rings. The lowest BCUT2D eigenvalue weighted by atomic mass is 10.2. The molecule has 1 rings (SSSR count). The van der Waals surface area contributed by atoms with Crippen LogP contribution < -0.4 is 10.6 Å². The van der Waals surface area contributed by atoms with Gasteiger partial charge in [-0.05, 0) is 17.7 Å². The van der Waals surface area contributed by atoms with E-state index < -0.39 is 12.0 Å². The van der Waals surface area contributed by atoms with Gasteiger partial charge in [0.15, 0.2) is 0 Å². The Morgan fingerprint density at radius 1 is 1.37 bits per heavy atom. The number of urea groups is 1. The van der Waals surface area contributed by atoms with Crippen molar-refractivity contribution in [2.75, 3.05) is 25.6 Å². The summed E-state index contributed by atoms with van der Waals surface area (Å²) in [5.41, 5.74) is 1.37. The number of esters is 1. The van der Waals surface area contributed by atoms with Gasteiger partial charge in [-0.15, -0.1) is 0 Å². The Morgan fingerprint density at radius 3 is 2.84 bits per heavy atom. The second-order valence-corrected chi connectivity index (χ2v) is 3.58. The van der Waals surface area contributed by atoms with Crippen molar-refractivity contribution in [3.8, 4) is 0 Å². The van der Waals surface area contributed by atoms with Crippen molar-refractivity contribution in [3.63, 3.8) is 0 Å². The van der Waals surface area contributed by atoms with Crippen LogP contribution in [0.25, 0.3) is 6.08 Å². The lowest BCUT2D eigenvalue weighted by Gasteiger charge is -2.07. The van der Waals surface area contributed by atoms with Crippen molar-refractivity contribution in [1.29, 1.82) is 0 Å². The third-order valence-corrected chi connectivity index (χ3v) is 2.17. The van der Waals surface area contributed by atoms with E-state index in [-0.39, 0.29) is 13.2 Å². The van der Waals surface area contributed by atoms with Crippen LogP contribution in [0.15, 0.2) is 30.3 Å². The Hall–Kier alpha value is -2.34. The molecule has 0 heterocycles. The average molecular weight is 263 g/mol. The summed E-state index contributed by atoms with van der Waals surface area (Å²) in [5.74, 6) is -0.526. The molecule has 0 saturated carbocycles. The summed E-state index contributed by atoms with van der Waals surface area (Å²) in [4.78, 5) is 22.3. The standard InChI is InChI=1S/C13H15N2O4/c1-19-12(17)9-14-13(18)15-11-6-2-4-10(8-11)5-3-7-16/h2-6,8H,7,9H2,1H3,(H2,14,15,18). The van der Waals surface area contributed by atoms with Crippen molar-refractivity contribution in [2.45, 2.75) is 0 Å². The van der Waals surface area contributed by atoms with Gasteiger partial charge in [0, 0.05) is 5.69 Å². The molecule has 1 aromatic rings. The molecule has 19 heavy (non-hydrogen) atoms. The predicted molar refractivity (Wildman–Crippen MR) is 70.1 cm³/mol. The maximum Gasteiger partial charge on any atom is 0.325 e. The van der Waals surface area contributed by atoms with Crippen molar-refractivity contribution >= 4 is 23.8 Å². The fourth-order valence-corrected chi connectivity index (χ4v) is 1.30. The van der Waals surface area contributed by atoms with Crippen molar-refractivity contribution in [1.82, 2.24) is 5.32 Å². The number of nitrogens with one attached hydrogen (secondary N) is 2. The number of hydrogen-bond acceptors (Lipinski definition) is 3. The first-order chi connectivity index (χ1) is 9.15. The average Bonchev–Trinajstić information content (AvgIpc) is 2.43. The molecule has 0 spiro atoms. The van der Waals surface area contributed by atoms with E-state index in [4.69, 9.17) is 0 Å². The minimum Gasteiger partial charge on any atom is -0.468 e. The quantitative estimate of drug-likeness (QED) is 0.788. The van der Waals surface area contributed by atoms with Gasteiger partial charge in [0.1, 0.15) is 13.2 Å². The van der Waals surface area contributed by atoms with Crippen molar-refractivity contribution in [2.24, 2.45) is 0 Å². The van der Waals surface area contributed by atoms with Gasteiger partial charge in [-0.1, -0.05) is 24.3 Å². The highest BCUT2D eigenvalue weighted by molar-refractivity contribution is 5.91. The number of ether oxygens (including phenoxy) is 1. The molecule has 0 saturated heterocycles. The number of methoxy groups -OCH3 is 1. The fraction of sp³-hybridized carbons (Fsp3) is 0.231. The summed E-state index contributed by atoms with van der Waals surface area (Å²) < 4.78 is 4.39. The van der Waals surface area contributed by atoms with Gasteiger partial charge < -0.3 is 15.4 Å². The van der Waals surface area contributed by atoms with Gasteiger partial charge in [-0.25, -0.2) is 9.90 Å². The first kappa shape index (κ1) is 14.7. The van der Waals surface area contributed by atoms with Crippen molar-refractivity contribution in [3.05, 3.63) is 35.9 Å². The number of carbonyl (C=O) groups excluding carboxylic acids is 2. The molecule has 0 aromatic heterocycles. The summed E-state index contributed by atoms with van der Waals surface area (Å²) in [6.45, 7) is -0.491. The maximum atomic E-state index is 11.5. The highest BCUT2D eigenvalue weighted by Gasteiger charge is 2.05. The third-order valence-electron chi connectivity index (χ3n) is 2.17. The van der Waals surface area contributed by atoms with E-state index in [1.807, 2.05) is 6.07 Å². The smallest absolute Gasteiger partial charge is 0.325 e. The van der Waals surface area contributed by atoms with Crippen LogP contribution in [-0.4, -0.2) is 32.3 Å². The predicted octanol–water partition coefficient (Wildman–Crippen LogP) is 1.42. The topological polar surface area (TPSA) is 87.3 Å². The number of benzene rings is 1. The summed E-state index contributed by atoms with van der Waals surface area (Å²) in [6.07, 6.45) is 3.15. The summed E-state index contributed by atoms with van der Waals surface area (Å²) in [5, 5.41) is 15.3. The third kappa shape index (κ3) is 5.69. The minimum absolute atomic E-state index is 0.196. The number of rotatable bonds is 5. The molecule has 0 aliphatic heterocycles. The minimum atomic E-state index is -0.526. The summed E-state index contributed by atoms with van der Waals surface area (Å²) >= 11 is 0. The van der Waals surface area contributed by atoms with E-state index >= 15 is 0 Å². The number of hydrogen-bond donors (Lipinski definition) is 2. The molecule has 0 unspecified atom stereocenters. The second-order valence-electron chi connectivity index (χ2n) is 3.58. The molecular weight excluding hydrogens is 248 g/mol. The number of anilines is 1. The van der Waals surface area contributed by atoms with E-state index in [0.717, 1.165) is 5.56 Å². The van der Waals surface area contributed by atoms with E-state index in [2.05, 4.69) is 15.4 Å². The van der Waals surface area contributed by atoms with Crippen LogP contribution in [0.2, 0.25) is 0 Å². The molecule has 1 aromatic carbocycles. The first-order valence-corrected chi connectivity index (χ1v) is 5.62. The summed E-state index contributed by atoms with van der Waals surface area (Å²) in [7, 11) is 1.24. The number of amides is 2. The molecule has 0 aliphatic carbocycles. The van der Waals surface area contributed by atoms with Crippen LogP contribution in [-0.2, 0) is 14.6 Å². The fourth-order valence-electron chi connectivity index (χ4n) is 1.30. The van der Waals surface area contributed by atoms with Gasteiger partial charge in [0.25, 0.3) is 0 Å². The van der Waals surface area contributed by atoms with Crippen LogP contribution in [0.4, 0.5) is 10.5 Å². The number of carbonyl (C=O) groups is 2. The first-order valence-electron chi connectivity index (χ1n) is 5.62. The SMILES string of the molecule is COC(=O)CNC(=O)Nc1cccc(C=CC[O])c1. The van der Waals surface area contributed by atoms with E-state index in [0.29, 0.717) is 5.69 Å². The Balaban J connectivity index is 2.54. The van der Waals surface area contributed by atoms with Crippen LogP contribution in [0.3, 0.4) is 0 Å².